The molecule has 3 aromatic rings. The lowest BCUT2D eigenvalue weighted by Crippen LogP contribution is -2.36. The first kappa shape index (κ1) is 22.2. The van der Waals surface area contributed by atoms with Crippen molar-refractivity contribution in [2.24, 2.45) is 0 Å². The molecule has 3 heterocycles. The van der Waals surface area contributed by atoms with Gasteiger partial charge in [-0.15, -0.1) is 0 Å². The minimum absolute atomic E-state index is 0.0465. The highest BCUT2D eigenvalue weighted by Crippen LogP contribution is 2.24. The molecular formula is C22H17FN4O5S. The Bertz CT molecular complexity index is 1470. The number of ether oxygens (including phenoxy) is 1. The molecule has 1 saturated heterocycles. The zero-order chi connectivity index (χ0) is 23.6. The number of pyridine rings is 1. The molecule has 0 saturated carbocycles. The van der Waals surface area contributed by atoms with Crippen LogP contribution >= 0.6 is 0 Å². The molecule has 1 aromatic carbocycles. The van der Waals surface area contributed by atoms with E-state index in [0.29, 0.717) is 0 Å². The highest BCUT2D eigenvalue weighted by Gasteiger charge is 2.29. The van der Waals surface area contributed by atoms with Crippen LogP contribution in [0.2, 0.25) is 0 Å². The Morgan fingerprint density at radius 2 is 2.03 bits per heavy atom. The average Bonchev–Trinajstić information content (AvgIpc) is 3.13. The smallest absolute Gasteiger partial charge is 0.269 e. The number of benzene rings is 1. The van der Waals surface area contributed by atoms with Gasteiger partial charge in [-0.05, 0) is 48.9 Å². The second-order valence-electron chi connectivity index (χ2n) is 7.36. The molecule has 0 bridgehead atoms. The van der Waals surface area contributed by atoms with Crippen LogP contribution in [0.4, 0.5) is 4.39 Å². The molecule has 11 heteroatoms. The lowest BCUT2D eigenvalue weighted by Gasteiger charge is -2.12. The summed E-state index contributed by atoms with van der Waals surface area (Å²) < 4.78 is 43.4. The average molecular weight is 468 g/mol. The molecule has 0 unspecified atom stereocenters. The monoisotopic (exact) mass is 468 g/mol. The summed E-state index contributed by atoms with van der Waals surface area (Å²) in [7, 11) is -3.23. The molecule has 33 heavy (non-hydrogen) atoms. The van der Waals surface area contributed by atoms with Gasteiger partial charge in [0.25, 0.3) is 11.5 Å². The van der Waals surface area contributed by atoms with Crippen molar-refractivity contribution in [3.63, 3.8) is 0 Å². The number of aromatic nitrogens is 2. The predicted octanol–water partition coefficient (Wildman–Crippen LogP) is 1.84. The molecule has 2 aromatic heterocycles. The molecule has 0 spiro atoms. The zero-order valence-electron chi connectivity index (χ0n) is 17.1. The van der Waals surface area contributed by atoms with Crippen molar-refractivity contribution in [1.29, 1.82) is 5.26 Å². The van der Waals surface area contributed by atoms with Crippen LogP contribution in [0.25, 0.3) is 11.7 Å². The normalized spacial score (nSPS) is 17.5. The number of carbonyl (C=O) groups excluding carboxylic acids is 1. The van der Waals surface area contributed by atoms with E-state index in [9.17, 15) is 27.7 Å². The summed E-state index contributed by atoms with van der Waals surface area (Å²) in [6.07, 6.45) is 2.76. The van der Waals surface area contributed by atoms with Crippen LogP contribution in [0.1, 0.15) is 12.0 Å². The fourth-order valence-electron chi connectivity index (χ4n) is 3.36. The van der Waals surface area contributed by atoms with Crippen molar-refractivity contribution in [2.75, 3.05) is 11.5 Å². The van der Waals surface area contributed by atoms with E-state index in [4.69, 9.17) is 4.74 Å². The number of carbonyl (C=O) groups is 1. The van der Waals surface area contributed by atoms with Crippen molar-refractivity contribution < 1.29 is 22.3 Å². The third-order valence-electron chi connectivity index (χ3n) is 4.98. The number of nitrogens with zero attached hydrogens (tertiary/aromatic N) is 3. The second-order valence-corrected chi connectivity index (χ2v) is 9.59. The van der Waals surface area contributed by atoms with Crippen LogP contribution in [-0.4, -0.2) is 41.3 Å². The van der Waals surface area contributed by atoms with Crippen LogP contribution in [0, 0.1) is 17.1 Å². The van der Waals surface area contributed by atoms with Crippen LogP contribution in [0.5, 0.6) is 11.6 Å². The quantitative estimate of drug-likeness (QED) is 0.447. The van der Waals surface area contributed by atoms with Gasteiger partial charge in [0.1, 0.15) is 34.4 Å². The van der Waals surface area contributed by atoms with E-state index in [1.807, 2.05) is 0 Å². The summed E-state index contributed by atoms with van der Waals surface area (Å²) >= 11 is 0. The molecular weight excluding hydrogens is 451 g/mol. The maximum Gasteiger partial charge on any atom is 0.269 e. The Hall–Kier alpha value is -4.04. The molecule has 1 fully saturated rings. The SMILES string of the molecule is N#C/C(=C/c1c(Oc2ccc(F)cc2)nc2ccccn2c1=O)C(=O)N[C@@H]1CCS(=O)(=O)C1. The van der Waals surface area contributed by atoms with E-state index >= 15 is 0 Å². The van der Waals surface area contributed by atoms with E-state index in [1.165, 1.54) is 34.9 Å². The molecule has 1 aliphatic rings. The minimum Gasteiger partial charge on any atom is -0.438 e. The summed E-state index contributed by atoms with van der Waals surface area (Å²) in [5.41, 5.74) is -0.926. The van der Waals surface area contributed by atoms with Gasteiger partial charge < -0.3 is 10.1 Å². The van der Waals surface area contributed by atoms with Gasteiger partial charge in [-0.3, -0.25) is 14.0 Å². The fourth-order valence-corrected chi connectivity index (χ4v) is 5.04. The molecule has 1 amide bonds. The number of nitrogens with one attached hydrogen (secondary N) is 1. The molecule has 1 atom stereocenters. The summed E-state index contributed by atoms with van der Waals surface area (Å²) in [5.74, 6) is -1.54. The molecule has 0 radical (unpaired) electrons. The number of nitriles is 1. The zero-order valence-corrected chi connectivity index (χ0v) is 17.9. The number of sulfone groups is 1. The molecule has 4 rings (SSSR count). The largest absolute Gasteiger partial charge is 0.438 e. The lowest BCUT2D eigenvalue weighted by molar-refractivity contribution is -0.117. The van der Waals surface area contributed by atoms with Crippen LogP contribution in [0.15, 0.2) is 59.0 Å². The van der Waals surface area contributed by atoms with Crippen molar-refractivity contribution in [1.82, 2.24) is 14.7 Å². The molecule has 1 N–H and O–H groups in total. The highest BCUT2D eigenvalue weighted by molar-refractivity contribution is 7.91. The van der Waals surface area contributed by atoms with E-state index in [0.717, 1.165) is 6.08 Å². The summed E-state index contributed by atoms with van der Waals surface area (Å²) in [6.45, 7) is 0. The first-order chi connectivity index (χ1) is 15.8. The predicted molar refractivity (Wildman–Crippen MR) is 117 cm³/mol. The van der Waals surface area contributed by atoms with Gasteiger partial charge in [0, 0.05) is 12.2 Å². The van der Waals surface area contributed by atoms with Crippen LogP contribution in [-0.2, 0) is 14.6 Å². The standard InChI is InChI=1S/C22H17FN4O5S/c23-15-4-6-17(7-5-15)32-21-18(22(29)27-9-2-1-3-19(27)26-21)11-14(12-24)20(28)25-16-8-10-33(30,31)13-16/h1-7,9,11,16H,8,10,13H2,(H,25,28)/b14-11-/t16-/m1/s1. The summed E-state index contributed by atoms with van der Waals surface area (Å²) in [6, 6.07) is 11.0. The maximum atomic E-state index is 13.2. The van der Waals surface area contributed by atoms with Crippen molar-refractivity contribution in [3.8, 4) is 17.7 Å². The lowest BCUT2D eigenvalue weighted by atomic mass is 10.1. The van der Waals surface area contributed by atoms with Gasteiger partial charge in [0.2, 0.25) is 5.88 Å². The van der Waals surface area contributed by atoms with E-state index in [2.05, 4.69) is 10.3 Å². The maximum absolute atomic E-state index is 13.2. The first-order valence-electron chi connectivity index (χ1n) is 9.83. The summed E-state index contributed by atoms with van der Waals surface area (Å²) in [5, 5.41) is 12.1. The second kappa shape index (κ2) is 8.84. The van der Waals surface area contributed by atoms with E-state index < -0.39 is 38.7 Å². The van der Waals surface area contributed by atoms with Gasteiger partial charge >= 0.3 is 0 Å². The number of amides is 1. The van der Waals surface area contributed by atoms with Gasteiger partial charge in [0.05, 0.1) is 11.5 Å². The fraction of sp³-hybridized carbons (Fsp3) is 0.182. The van der Waals surface area contributed by atoms with Crippen molar-refractivity contribution >= 4 is 27.5 Å². The van der Waals surface area contributed by atoms with E-state index in [-0.39, 0.29) is 40.8 Å². The molecule has 168 valence electrons. The van der Waals surface area contributed by atoms with Gasteiger partial charge in [-0.25, -0.2) is 12.8 Å². The Morgan fingerprint density at radius 3 is 2.70 bits per heavy atom. The summed E-state index contributed by atoms with van der Waals surface area (Å²) in [4.78, 5) is 30.0. The topological polar surface area (TPSA) is 131 Å². The van der Waals surface area contributed by atoms with Crippen molar-refractivity contribution in [2.45, 2.75) is 12.5 Å². The van der Waals surface area contributed by atoms with Gasteiger partial charge in [-0.1, -0.05) is 6.07 Å². The molecule has 9 nitrogen and oxygen atoms in total. The van der Waals surface area contributed by atoms with Gasteiger partial charge in [-0.2, -0.15) is 10.2 Å². The van der Waals surface area contributed by atoms with Crippen LogP contribution in [0.3, 0.4) is 0 Å². The van der Waals surface area contributed by atoms with Gasteiger partial charge in [0.15, 0.2) is 9.84 Å². The van der Waals surface area contributed by atoms with Crippen molar-refractivity contribution in [3.05, 3.63) is 76.0 Å². The minimum atomic E-state index is -3.23. The number of hydrogen-bond acceptors (Lipinski definition) is 7. The number of rotatable bonds is 5. The Kier molecular flexibility index (Phi) is 5.93. The van der Waals surface area contributed by atoms with Crippen LogP contribution < -0.4 is 15.6 Å². The third-order valence-corrected chi connectivity index (χ3v) is 6.75. The Labute approximate surface area is 187 Å². The number of halogens is 1. The Morgan fingerprint density at radius 1 is 1.27 bits per heavy atom. The Balaban J connectivity index is 1.75. The molecule has 0 aliphatic carbocycles. The third kappa shape index (κ3) is 4.91. The first-order valence-corrected chi connectivity index (χ1v) is 11.7. The number of hydrogen-bond donors (Lipinski definition) is 1. The van der Waals surface area contributed by atoms with E-state index in [1.54, 1.807) is 24.3 Å². The molecule has 1 aliphatic heterocycles. The highest BCUT2D eigenvalue weighted by atomic mass is 32.2. The number of fused-ring (bicyclic) bond motifs is 1.